The highest BCUT2D eigenvalue weighted by molar-refractivity contribution is 5.96. The molecule has 0 bridgehead atoms. The molecule has 8 nitrogen and oxygen atoms in total. The molecule has 1 saturated heterocycles. The van der Waals surface area contributed by atoms with Crippen molar-refractivity contribution in [1.29, 1.82) is 0 Å². The summed E-state index contributed by atoms with van der Waals surface area (Å²) >= 11 is 0. The van der Waals surface area contributed by atoms with Gasteiger partial charge in [-0.2, -0.15) is 0 Å². The van der Waals surface area contributed by atoms with Crippen LogP contribution in [0.2, 0.25) is 0 Å². The Bertz CT molecular complexity index is 716. The number of benzene rings is 1. The molecule has 0 aromatic heterocycles. The van der Waals surface area contributed by atoms with Gasteiger partial charge in [-0.1, -0.05) is 0 Å². The number of aliphatic carboxylic acids is 1. The van der Waals surface area contributed by atoms with Crippen molar-refractivity contribution in [3.8, 4) is 0 Å². The second-order valence-corrected chi connectivity index (χ2v) is 6.83. The summed E-state index contributed by atoms with van der Waals surface area (Å²) in [5.74, 6) is -1.87. The van der Waals surface area contributed by atoms with Crippen LogP contribution in [0.25, 0.3) is 0 Å². The maximum Gasteiger partial charge on any atom is 0.308 e. The summed E-state index contributed by atoms with van der Waals surface area (Å²) in [4.78, 5) is 36.4. The van der Waals surface area contributed by atoms with Gasteiger partial charge in [0, 0.05) is 30.3 Å². The number of nitrogens with zero attached hydrogens (tertiary/aromatic N) is 2. The van der Waals surface area contributed by atoms with E-state index in [4.69, 9.17) is 0 Å². The van der Waals surface area contributed by atoms with Gasteiger partial charge in [0.05, 0.1) is 10.8 Å². The number of amides is 1. The van der Waals surface area contributed by atoms with E-state index in [0.717, 1.165) is 12.8 Å². The minimum Gasteiger partial charge on any atom is -0.481 e. The fourth-order valence-corrected chi connectivity index (χ4v) is 3.14. The fourth-order valence-electron chi connectivity index (χ4n) is 3.14. The first-order valence-corrected chi connectivity index (χ1v) is 8.45. The van der Waals surface area contributed by atoms with E-state index >= 15 is 0 Å². The Kier molecular flexibility index (Phi) is 4.61. The quantitative estimate of drug-likeness (QED) is 0.625. The number of nitro groups is 1. The summed E-state index contributed by atoms with van der Waals surface area (Å²) in [7, 11) is 0. The number of likely N-dealkylation sites (tertiary alicyclic amines) is 1. The molecule has 0 spiro atoms. The van der Waals surface area contributed by atoms with Gasteiger partial charge in [0.25, 0.3) is 11.6 Å². The molecule has 3 rings (SSSR count). The summed E-state index contributed by atoms with van der Waals surface area (Å²) < 4.78 is 0. The lowest BCUT2D eigenvalue weighted by Gasteiger charge is -2.36. The molecule has 1 aromatic rings. The molecule has 2 atom stereocenters. The number of piperidine rings is 1. The van der Waals surface area contributed by atoms with E-state index in [-0.39, 0.29) is 35.8 Å². The van der Waals surface area contributed by atoms with Gasteiger partial charge < -0.3 is 15.3 Å². The number of carboxylic acid groups (broad SMARTS) is 1. The predicted octanol–water partition coefficient (Wildman–Crippen LogP) is 2.49. The average Bonchev–Trinajstić information content (AvgIpc) is 3.38. The standard InChI is InChI=1S/C17H21N3O5/c1-10-2-3-12(17(22)23)9-19(10)16(21)11-4-7-14(18-13-5-6-13)15(8-11)20(24)25/h4,7-8,10,12-13,18H,2-3,5-6,9H2,1H3,(H,22,23). The van der Waals surface area contributed by atoms with Gasteiger partial charge in [-0.25, -0.2) is 0 Å². The van der Waals surface area contributed by atoms with E-state index in [0.29, 0.717) is 18.5 Å². The van der Waals surface area contributed by atoms with Crippen molar-refractivity contribution in [1.82, 2.24) is 4.90 Å². The Morgan fingerprint density at radius 1 is 1.28 bits per heavy atom. The Morgan fingerprint density at radius 2 is 2.00 bits per heavy atom. The lowest BCUT2D eigenvalue weighted by Crippen LogP contribution is -2.47. The first-order valence-electron chi connectivity index (χ1n) is 8.45. The van der Waals surface area contributed by atoms with Crippen LogP contribution in [0.1, 0.15) is 43.0 Å². The summed E-state index contributed by atoms with van der Waals surface area (Å²) in [6, 6.07) is 4.58. The van der Waals surface area contributed by atoms with Gasteiger partial charge in [0.2, 0.25) is 0 Å². The first-order chi connectivity index (χ1) is 11.9. The van der Waals surface area contributed by atoms with Crippen molar-refractivity contribution in [2.45, 2.75) is 44.7 Å². The molecule has 2 fully saturated rings. The monoisotopic (exact) mass is 347 g/mol. The van der Waals surface area contributed by atoms with Crippen LogP contribution in [0.4, 0.5) is 11.4 Å². The topological polar surface area (TPSA) is 113 Å². The number of rotatable bonds is 5. The fraction of sp³-hybridized carbons (Fsp3) is 0.529. The molecule has 1 saturated carbocycles. The predicted molar refractivity (Wildman–Crippen MR) is 90.6 cm³/mol. The number of anilines is 1. The number of carboxylic acids is 1. The number of nitrogens with one attached hydrogen (secondary N) is 1. The highest BCUT2D eigenvalue weighted by Crippen LogP contribution is 2.32. The van der Waals surface area contributed by atoms with Crippen molar-refractivity contribution in [3.63, 3.8) is 0 Å². The van der Waals surface area contributed by atoms with Crippen LogP contribution in [0.3, 0.4) is 0 Å². The van der Waals surface area contributed by atoms with Crippen molar-refractivity contribution in [2.24, 2.45) is 5.92 Å². The molecule has 2 aliphatic rings. The van der Waals surface area contributed by atoms with E-state index in [1.165, 1.54) is 11.0 Å². The molecular weight excluding hydrogens is 326 g/mol. The molecule has 134 valence electrons. The molecule has 2 unspecified atom stereocenters. The molecule has 0 radical (unpaired) electrons. The van der Waals surface area contributed by atoms with Crippen LogP contribution in [0.5, 0.6) is 0 Å². The zero-order valence-corrected chi connectivity index (χ0v) is 14.0. The first kappa shape index (κ1) is 17.2. The highest BCUT2D eigenvalue weighted by atomic mass is 16.6. The van der Waals surface area contributed by atoms with Crippen molar-refractivity contribution in [3.05, 3.63) is 33.9 Å². The average molecular weight is 347 g/mol. The Morgan fingerprint density at radius 3 is 2.60 bits per heavy atom. The third-order valence-electron chi connectivity index (χ3n) is 4.87. The normalized spacial score (nSPS) is 23.2. The lowest BCUT2D eigenvalue weighted by molar-refractivity contribution is -0.384. The molecule has 1 aliphatic heterocycles. The number of hydrogen-bond donors (Lipinski definition) is 2. The highest BCUT2D eigenvalue weighted by Gasteiger charge is 2.34. The smallest absolute Gasteiger partial charge is 0.308 e. The lowest BCUT2D eigenvalue weighted by atomic mass is 9.93. The van der Waals surface area contributed by atoms with Crippen LogP contribution < -0.4 is 5.32 Å². The molecule has 1 amide bonds. The molecule has 1 heterocycles. The Labute approximate surface area is 145 Å². The van der Waals surface area contributed by atoms with Crippen LogP contribution in [0, 0.1) is 16.0 Å². The van der Waals surface area contributed by atoms with E-state index in [1.807, 2.05) is 6.92 Å². The zero-order valence-electron chi connectivity index (χ0n) is 14.0. The molecule has 1 aliphatic carbocycles. The van der Waals surface area contributed by atoms with Crippen molar-refractivity contribution < 1.29 is 19.6 Å². The van der Waals surface area contributed by atoms with E-state index in [9.17, 15) is 24.8 Å². The Balaban J connectivity index is 1.84. The van der Waals surface area contributed by atoms with Gasteiger partial charge in [0.15, 0.2) is 0 Å². The van der Waals surface area contributed by atoms with Crippen LogP contribution in [-0.4, -0.2) is 45.4 Å². The van der Waals surface area contributed by atoms with Gasteiger partial charge in [-0.3, -0.25) is 19.7 Å². The third-order valence-corrected chi connectivity index (χ3v) is 4.87. The van der Waals surface area contributed by atoms with Crippen molar-refractivity contribution in [2.75, 3.05) is 11.9 Å². The van der Waals surface area contributed by atoms with Gasteiger partial charge >= 0.3 is 5.97 Å². The number of carbonyl (C=O) groups is 2. The third kappa shape index (κ3) is 3.72. The number of carbonyl (C=O) groups excluding carboxylic acids is 1. The molecule has 2 N–H and O–H groups in total. The van der Waals surface area contributed by atoms with Crippen molar-refractivity contribution >= 4 is 23.3 Å². The number of hydrogen-bond acceptors (Lipinski definition) is 5. The maximum atomic E-state index is 12.8. The Hall–Kier alpha value is -2.64. The van der Waals surface area contributed by atoms with Gasteiger partial charge in [-0.05, 0) is 44.7 Å². The molecule has 8 heteroatoms. The minimum absolute atomic E-state index is 0.0913. The van der Waals surface area contributed by atoms with E-state index in [2.05, 4.69) is 5.32 Å². The van der Waals surface area contributed by atoms with Gasteiger partial charge in [0.1, 0.15) is 5.69 Å². The van der Waals surface area contributed by atoms with Crippen LogP contribution in [0.15, 0.2) is 18.2 Å². The summed E-state index contributed by atoms with van der Waals surface area (Å²) in [6.45, 7) is 2.00. The maximum absolute atomic E-state index is 12.8. The zero-order chi connectivity index (χ0) is 18.1. The van der Waals surface area contributed by atoms with E-state index < -0.39 is 16.8 Å². The molecule has 1 aromatic carbocycles. The van der Waals surface area contributed by atoms with Gasteiger partial charge in [-0.15, -0.1) is 0 Å². The SMILES string of the molecule is CC1CCC(C(=O)O)CN1C(=O)c1ccc(NC2CC2)c([N+](=O)[O-])c1. The minimum atomic E-state index is -0.917. The molecule has 25 heavy (non-hydrogen) atoms. The van der Waals surface area contributed by atoms with Crippen LogP contribution in [-0.2, 0) is 4.79 Å². The second-order valence-electron chi connectivity index (χ2n) is 6.83. The van der Waals surface area contributed by atoms with E-state index in [1.54, 1.807) is 12.1 Å². The second kappa shape index (κ2) is 6.70. The largest absolute Gasteiger partial charge is 0.481 e. The summed E-state index contributed by atoms with van der Waals surface area (Å²) in [6.07, 6.45) is 3.11. The number of nitro benzene ring substituents is 1. The van der Waals surface area contributed by atoms with Crippen LogP contribution >= 0.6 is 0 Å². The summed E-state index contributed by atoms with van der Waals surface area (Å²) in [5.41, 5.74) is 0.502. The summed E-state index contributed by atoms with van der Waals surface area (Å²) in [5, 5.41) is 23.6. The molecular formula is C17H21N3O5.